The molecule has 9 heteroatoms. The first-order valence-electron chi connectivity index (χ1n) is 12.0. The summed E-state index contributed by atoms with van der Waals surface area (Å²) in [6.45, 7) is 14.8. The van der Waals surface area contributed by atoms with Crippen molar-refractivity contribution in [3.63, 3.8) is 0 Å². The van der Waals surface area contributed by atoms with Crippen molar-refractivity contribution in [3.8, 4) is 0 Å². The van der Waals surface area contributed by atoms with Crippen LogP contribution in [0.1, 0.15) is 53.4 Å². The fourth-order valence-corrected chi connectivity index (χ4v) is 3.17. The van der Waals surface area contributed by atoms with Gasteiger partial charge in [0, 0.05) is 45.8 Å². The number of rotatable bonds is 20. The van der Waals surface area contributed by atoms with Gasteiger partial charge in [-0.15, -0.1) is 0 Å². The van der Waals surface area contributed by atoms with Crippen LogP contribution < -0.4 is 0 Å². The van der Waals surface area contributed by atoms with Gasteiger partial charge in [-0.1, -0.05) is 6.92 Å². The van der Waals surface area contributed by atoms with Crippen LogP contribution in [-0.2, 0) is 28.6 Å². The maximum absolute atomic E-state index is 11.8. The van der Waals surface area contributed by atoms with Crippen LogP contribution in [0.5, 0.6) is 0 Å². The molecule has 0 spiro atoms. The van der Waals surface area contributed by atoms with Gasteiger partial charge in [0.2, 0.25) is 0 Å². The summed E-state index contributed by atoms with van der Waals surface area (Å²) in [5.74, 6) is -0.604. The third-order valence-electron chi connectivity index (χ3n) is 4.95. The van der Waals surface area contributed by atoms with Crippen molar-refractivity contribution in [1.29, 1.82) is 0 Å². The highest BCUT2D eigenvalue weighted by Crippen LogP contribution is 2.01. The first-order valence-corrected chi connectivity index (χ1v) is 12.0. The molecule has 0 saturated heterocycles. The van der Waals surface area contributed by atoms with Gasteiger partial charge in [0.05, 0.1) is 39.1 Å². The lowest BCUT2D eigenvalue weighted by Crippen LogP contribution is -2.41. The molecule has 0 saturated carbocycles. The van der Waals surface area contributed by atoms with E-state index in [1.807, 2.05) is 14.0 Å². The van der Waals surface area contributed by atoms with Gasteiger partial charge in [-0.25, -0.2) is 0 Å². The number of hydrogen-bond donors (Lipinski definition) is 0. The van der Waals surface area contributed by atoms with Crippen LogP contribution in [0.4, 0.5) is 0 Å². The first kappa shape index (κ1) is 30.3. The van der Waals surface area contributed by atoms with Crippen molar-refractivity contribution in [2.45, 2.75) is 53.4 Å². The highest BCUT2D eigenvalue weighted by atomic mass is 16.5. The van der Waals surface area contributed by atoms with Crippen molar-refractivity contribution in [3.05, 3.63) is 0 Å². The monoisotopic (exact) mass is 459 g/mol. The summed E-state index contributed by atoms with van der Waals surface area (Å²) in [6, 6.07) is 0. The SMILES string of the molecule is CCCN(CCN(C)CCC(=O)OCC)CCN(CCC(=O)OCC)CCC(=O)OCC. The Bertz CT molecular complexity index is 496. The largest absolute Gasteiger partial charge is 0.466 e. The molecule has 0 atom stereocenters. The van der Waals surface area contributed by atoms with E-state index in [4.69, 9.17) is 14.2 Å². The second-order valence-corrected chi connectivity index (χ2v) is 7.65. The lowest BCUT2D eigenvalue weighted by Gasteiger charge is -2.28. The molecule has 0 radical (unpaired) electrons. The molecular weight excluding hydrogens is 414 g/mol. The van der Waals surface area contributed by atoms with Gasteiger partial charge in [-0.05, 0) is 40.8 Å². The van der Waals surface area contributed by atoms with E-state index < -0.39 is 0 Å². The zero-order chi connectivity index (χ0) is 24.2. The van der Waals surface area contributed by atoms with Crippen molar-refractivity contribution >= 4 is 17.9 Å². The van der Waals surface area contributed by atoms with Crippen LogP contribution in [0, 0.1) is 0 Å². The second-order valence-electron chi connectivity index (χ2n) is 7.65. The van der Waals surface area contributed by atoms with E-state index in [9.17, 15) is 14.4 Å². The summed E-state index contributed by atoms with van der Waals surface area (Å²) in [6.07, 6.45) is 2.05. The number of hydrogen-bond acceptors (Lipinski definition) is 9. The highest BCUT2D eigenvalue weighted by molar-refractivity contribution is 5.70. The normalized spacial score (nSPS) is 11.2. The Morgan fingerprint density at radius 2 is 0.906 bits per heavy atom. The number of carbonyl (C=O) groups excluding carboxylic acids is 3. The summed E-state index contributed by atoms with van der Waals surface area (Å²) >= 11 is 0. The Labute approximate surface area is 194 Å². The Hall–Kier alpha value is -1.71. The quantitative estimate of drug-likeness (QED) is 0.200. The molecule has 0 aromatic rings. The van der Waals surface area contributed by atoms with Crippen LogP contribution in [0.2, 0.25) is 0 Å². The molecular formula is C23H45N3O6. The molecule has 9 nitrogen and oxygen atoms in total. The van der Waals surface area contributed by atoms with Crippen molar-refractivity contribution in [2.75, 3.05) is 79.2 Å². The van der Waals surface area contributed by atoms with E-state index in [-0.39, 0.29) is 17.9 Å². The van der Waals surface area contributed by atoms with Gasteiger partial charge >= 0.3 is 17.9 Å². The molecule has 0 aliphatic carbocycles. The highest BCUT2D eigenvalue weighted by Gasteiger charge is 2.14. The molecule has 0 aliphatic heterocycles. The molecule has 0 N–H and O–H groups in total. The molecule has 0 heterocycles. The second kappa shape index (κ2) is 19.9. The minimum absolute atomic E-state index is 0.163. The average Bonchev–Trinajstić information content (AvgIpc) is 2.75. The average molecular weight is 460 g/mol. The molecule has 0 aromatic heterocycles. The van der Waals surface area contributed by atoms with Gasteiger partial charge in [0.1, 0.15) is 0 Å². The summed E-state index contributed by atoms with van der Waals surface area (Å²) in [4.78, 5) is 41.7. The van der Waals surface area contributed by atoms with Crippen LogP contribution in [0.3, 0.4) is 0 Å². The number of esters is 3. The number of nitrogens with zero attached hydrogens (tertiary/aromatic N) is 3. The van der Waals surface area contributed by atoms with E-state index in [0.29, 0.717) is 58.7 Å². The molecule has 188 valence electrons. The Balaban J connectivity index is 4.60. The molecule has 0 aromatic carbocycles. The lowest BCUT2D eigenvalue weighted by molar-refractivity contribution is -0.144. The zero-order valence-corrected chi connectivity index (χ0v) is 20.9. The minimum atomic E-state index is -0.220. The predicted octanol–water partition coefficient (Wildman–Crippen LogP) is 1.79. The smallest absolute Gasteiger partial charge is 0.307 e. The Kier molecular flexibility index (Phi) is 18.9. The third kappa shape index (κ3) is 16.9. The molecule has 0 unspecified atom stereocenters. The lowest BCUT2D eigenvalue weighted by atomic mass is 10.3. The molecule has 0 amide bonds. The van der Waals surface area contributed by atoms with Gasteiger partial charge in [0.25, 0.3) is 0 Å². The van der Waals surface area contributed by atoms with E-state index in [1.54, 1.807) is 13.8 Å². The van der Waals surface area contributed by atoms with Crippen LogP contribution in [0.15, 0.2) is 0 Å². The molecule has 0 bridgehead atoms. The molecule has 32 heavy (non-hydrogen) atoms. The zero-order valence-electron chi connectivity index (χ0n) is 20.9. The first-order chi connectivity index (χ1) is 15.4. The van der Waals surface area contributed by atoms with Crippen molar-refractivity contribution in [2.24, 2.45) is 0 Å². The molecule has 0 rings (SSSR count). The summed E-state index contributed by atoms with van der Waals surface area (Å²) in [5.41, 5.74) is 0. The van der Waals surface area contributed by atoms with Crippen LogP contribution >= 0.6 is 0 Å². The Morgan fingerprint density at radius 1 is 0.531 bits per heavy atom. The third-order valence-corrected chi connectivity index (χ3v) is 4.95. The fraction of sp³-hybridized carbons (Fsp3) is 0.870. The van der Waals surface area contributed by atoms with Gasteiger partial charge in [0.15, 0.2) is 0 Å². The summed E-state index contributed by atoms with van der Waals surface area (Å²) < 4.78 is 15.1. The molecule has 0 fully saturated rings. The maximum atomic E-state index is 11.8. The van der Waals surface area contributed by atoms with E-state index in [1.165, 1.54) is 0 Å². The number of carbonyl (C=O) groups is 3. The minimum Gasteiger partial charge on any atom is -0.466 e. The van der Waals surface area contributed by atoms with E-state index in [2.05, 4.69) is 21.6 Å². The standard InChI is InChI=1S/C23H45N3O6/c1-6-13-25(18-17-24(5)14-10-21(27)30-7-2)19-20-26(15-11-22(28)31-8-3)16-12-23(29)32-9-4/h6-20H2,1-5H3. The summed E-state index contributed by atoms with van der Waals surface area (Å²) in [7, 11) is 2.01. The predicted molar refractivity (Wildman–Crippen MR) is 124 cm³/mol. The Morgan fingerprint density at radius 3 is 1.31 bits per heavy atom. The maximum Gasteiger partial charge on any atom is 0.307 e. The van der Waals surface area contributed by atoms with E-state index >= 15 is 0 Å². The van der Waals surface area contributed by atoms with Gasteiger partial charge < -0.3 is 28.9 Å². The fourth-order valence-electron chi connectivity index (χ4n) is 3.17. The van der Waals surface area contributed by atoms with Crippen LogP contribution in [-0.4, -0.2) is 112 Å². The number of likely N-dealkylation sites (N-methyl/N-ethyl adjacent to an activating group) is 1. The van der Waals surface area contributed by atoms with Gasteiger partial charge in [-0.3, -0.25) is 14.4 Å². The van der Waals surface area contributed by atoms with Crippen molar-refractivity contribution in [1.82, 2.24) is 14.7 Å². The van der Waals surface area contributed by atoms with Gasteiger partial charge in [-0.2, -0.15) is 0 Å². The number of ether oxygens (including phenoxy) is 3. The van der Waals surface area contributed by atoms with E-state index in [0.717, 1.165) is 39.1 Å². The van der Waals surface area contributed by atoms with Crippen LogP contribution in [0.25, 0.3) is 0 Å². The topological polar surface area (TPSA) is 88.6 Å². The summed E-state index contributed by atoms with van der Waals surface area (Å²) in [5, 5.41) is 0. The van der Waals surface area contributed by atoms with Crippen molar-refractivity contribution < 1.29 is 28.6 Å². The molecule has 0 aliphatic rings.